The molecule has 0 amide bonds. The quantitative estimate of drug-likeness (QED) is 0.877. The number of carbonyl (C=O) groups is 1. The van der Waals surface area contributed by atoms with Crippen molar-refractivity contribution < 1.29 is 9.90 Å². The predicted octanol–water partition coefficient (Wildman–Crippen LogP) is 3.67. The van der Waals surface area contributed by atoms with Gasteiger partial charge >= 0.3 is 5.97 Å². The molecule has 2 rings (SSSR count). The minimum atomic E-state index is -0.964. The molecule has 0 spiro atoms. The van der Waals surface area contributed by atoms with Gasteiger partial charge in [-0.05, 0) is 44.5 Å². The highest BCUT2D eigenvalue weighted by atomic mass is 16.4. The van der Waals surface area contributed by atoms with Crippen molar-refractivity contribution in [3.63, 3.8) is 0 Å². The highest BCUT2D eigenvalue weighted by Gasteiger charge is 2.20. The summed E-state index contributed by atoms with van der Waals surface area (Å²) in [6.07, 6.45) is 0. The summed E-state index contributed by atoms with van der Waals surface area (Å²) in [6, 6.07) is 9.88. The zero-order valence-electron chi connectivity index (χ0n) is 15.0. The lowest BCUT2D eigenvalue weighted by Gasteiger charge is -2.22. The van der Waals surface area contributed by atoms with Gasteiger partial charge in [-0.2, -0.15) is 0 Å². The fraction of sp³-hybridized carbons (Fsp3) is 0.368. The first-order chi connectivity index (χ1) is 11.4. The van der Waals surface area contributed by atoms with Gasteiger partial charge in [0.15, 0.2) is 0 Å². The van der Waals surface area contributed by atoms with Crippen LogP contribution in [0.1, 0.15) is 29.9 Å². The predicted molar refractivity (Wildman–Crippen MR) is 99.3 cm³/mol. The van der Waals surface area contributed by atoms with Crippen LogP contribution in [0, 0.1) is 6.92 Å². The van der Waals surface area contributed by atoms with Crippen LogP contribution in [-0.2, 0) is 0 Å². The van der Waals surface area contributed by atoms with Crippen LogP contribution in [-0.4, -0.2) is 43.2 Å². The van der Waals surface area contributed by atoms with E-state index >= 15 is 0 Å². The van der Waals surface area contributed by atoms with Gasteiger partial charge in [0.1, 0.15) is 11.4 Å². The van der Waals surface area contributed by atoms with Gasteiger partial charge in [-0.1, -0.05) is 12.1 Å². The van der Waals surface area contributed by atoms with Crippen LogP contribution in [0.4, 0.5) is 11.5 Å². The number of anilines is 2. The van der Waals surface area contributed by atoms with Gasteiger partial charge in [0, 0.05) is 44.1 Å². The number of carboxylic acid groups (broad SMARTS) is 1. The van der Waals surface area contributed by atoms with Gasteiger partial charge in [-0.15, -0.1) is 0 Å². The molecular weight excluding hydrogens is 302 g/mol. The molecule has 5 heteroatoms. The Kier molecular flexibility index (Phi) is 5.44. The lowest BCUT2D eigenvalue weighted by atomic mass is 9.99. The second kappa shape index (κ2) is 7.34. The lowest BCUT2D eigenvalue weighted by molar-refractivity contribution is 0.0698. The second-order valence-electron chi connectivity index (χ2n) is 5.93. The SMILES string of the molecule is CCN(CC)c1ccc(-c2cc(C)nc(N(C)C)c2C(=O)O)cc1. The minimum absolute atomic E-state index is 0.237. The third-order valence-electron chi connectivity index (χ3n) is 4.07. The standard InChI is InChI=1S/C19H25N3O2/c1-6-22(7-2)15-10-8-14(9-11-15)16-12-13(3)20-18(21(4)5)17(16)19(23)24/h8-12H,6-7H2,1-5H3,(H,23,24). The highest BCUT2D eigenvalue weighted by molar-refractivity contribution is 6.01. The zero-order chi connectivity index (χ0) is 17.9. The topological polar surface area (TPSA) is 56.7 Å². The summed E-state index contributed by atoms with van der Waals surface area (Å²) in [7, 11) is 3.61. The maximum atomic E-state index is 11.8. The van der Waals surface area contributed by atoms with Gasteiger partial charge in [0.2, 0.25) is 0 Å². The molecule has 0 aliphatic rings. The normalized spacial score (nSPS) is 10.5. The highest BCUT2D eigenvalue weighted by Crippen LogP contribution is 2.31. The Labute approximate surface area is 143 Å². The molecule has 2 aromatic rings. The van der Waals surface area contributed by atoms with E-state index in [2.05, 4.69) is 23.7 Å². The molecule has 128 valence electrons. The van der Waals surface area contributed by atoms with Crippen molar-refractivity contribution in [3.05, 3.63) is 41.6 Å². The van der Waals surface area contributed by atoms with Gasteiger partial charge in [-0.3, -0.25) is 0 Å². The molecule has 0 atom stereocenters. The van der Waals surface area contributed by atoms with E-state index in [4.69, 9.17) is 0 Å². The summed E-state index contributed by atoms with van der Waals surface area (Å²) in [5, 5.41) is 9.69. The fourth-order valence-electron chi connectivity index (χ4n) is 2.86. The van der Waals surface area contributed by atoms with Crippen molar-refractivity contribution in [2.45, 2.75) is 20.8 Å². The number of aryl methyl sites for hydroxylation is 1. The van der Waals surface area contributed by atoms with Crippen molar-refractivity contribution in [1.82, 2.24) is 4.98 Å². The average molecular weight is 327 g/mol. The smallest absolute Gasteiger partial charge is 0.340 e. The monoisotopic (exact) mass is 327 g/mol. The lowest BCUT2D eigenvalue weighted by Crippen LogP contribution is -2.21. The van der Waals surface area contributed by atoms with Crippen molar-refractivity contribution in [1.29, 1.82) is 0 Å². The summed E-state index contributed by atoms with van der Waals surface area (Å²) in [5.41, 5.74) is 3.76. The number of aromatic carboxylic acids is 1. The summed E-state index contributed by atoms with van der Waals surface area (Å²) in [4.78, 5) is 20.2. The fourth-order valence-corrected chi connectivity index (χ4v) is 2.86. The first-order valence-corrected chi connectivity index (χ1v) is 8.16. The van der Waals surface area contributed by atoms with E-state index in [-0.39, 0.29) is 5.56 Å². The Hall–Kier alpha value is -2.56. The molecule has 0 saturated heterocycles. The molecule has 0 aliphatic heterocycles. The maximum Gasteiger partial charge on any atom is 0.340 e. The van der Waals surface area contributed by atoms with Crippen molar-refractivity contribution in [3.8, 4) is 11.1 Å². The first-order valence-electron chi connectivity index (χ1n) is 8.16. The Morgan fingerprint density at radius 3 is 2.17 bits per heavy atom. The van der Waals surface area contributed by atoms with Crippen LogP contribution in [0.2, 0.25) is 0 Å². The molecule has 0 unspecified atom stereocenters. The molecular formula is C19H25N3O2. The third-order valence-corrected chi connectivity index (χ3v) is 4.07. The Morgan fingerprint density at radius 1 is 1.12 bits per heavy atom. The number of rotatable bonds is 6. The Morgan fingerprint density at radius 2 is 1.71 bits per heavy atom. The molecule has 1 N–H and O–H groups in total. The molecule has 24 heavy (non-hydrogen) atoms. The van der Waals surface area contributed by atoms with E-state index in [9.17, 15) is 9.90 Å². The second-order valence-corrected chi connectivity index (χ2v) is 5.93. The molecule has 1 aromatic carbocycles. The largest absolute Gasteiger partial charge is 0.478 e. The molecule has 0 fully saturated rings. The number of nitrogens with zero attached hydrogens (tertiary/aromatic N) is 3. The van der Waals surface area contributed by atoms with E-state index in [1.54, 1.807) is 4.90 Å². The van der Waals surface area contributed by atoms with Crippen molar-refractivity contribution >= 4 is 17.5 Å². The number of hydrogen-bond acceptors (Lipinski definition) is 4. The molecule has 1 heterocycles. The van der Waals surface area contributed by atoms with Crippen LogP contribution in [0.5, 0.6) is 0 Å². The number of benzene rings is 1. The number of pyridine rings is 1. The number of hydrogen-bond donors (Lipinski definition) is 1. The molecule has 0 aliphatic carbocycles. The molecule has 5 nitrogen and oxygen atoms in total. The van der Waals surface area contributed by atoms with Gasteiger partial charge < -0.3 is 14.9 Å². The van der Waals surface area contributed by atoms with E-state index in [0.717, 1.165) is 30.0 Å². The molecule has 0 saturated carbocycles. The van der Waals surface area contributed by atoms with E-state index in [0.29, 0.717) is 11.4 Å². The van der Waals surface area contributed by atoms with Crippen LogP contribution in [0.15, 0.2) is 30.3 Å². The maximum absolute atomic E-state index is 11.8. The van der Waals surface area contributed by atoms with E-state index in [1.165, 1.54) is 0 Å². The zero-order valence-corrected chi connectivity index (χ0v) is 15.0. The van der Waals surface area contributed by atoms with E-state index in [1.807, 2.05) is 51.4 Å². The summed E-state index contributed by atoms with van der Waals surface area (Å²) >= 11 is 0. The number of carboxylic acids is 1. The Balaban J connectivity index is 2.57. The Bertz CT molecular complexity index is 720. The van der Waals surface area contributed by atoms with Crippen molar-refractivity contribution in [2.24, 2.45) is 0 Å². The van der Waals surface area contributed by atoms with Crippen LogP contribution < -0.4 is 9.80 Å². The first kappa shape index (κ1) is 17.8. The van der Waals surface area contributed by atoms with Gasteiger partial charge in [0.05, 0.1) is 0 Å². The molecule has 0 bridgehead atoms. The van der Waals surface area contributed by atoms with Crippen LogP contribution in [0.3, 0.4) is 0 Å². The summed E-state index contributed by atoms with van der Waals surface area (Å²) in [5.74, 6) is -0.487. The molecule has 0 radical (unpaired) electrons. The van der Waals surface area contributed by atoms with Gasteiger partial charge in [-0.25, -0.2) is 9.78 Å². The van der Waals surface area contributed by atoms with Crippen molar-refractivity contribution in [2.75, 3.05) is 37.0 Å². The minimum Gasteiger partial charge on any atom is -0.478 e. The van der Waals surface area contributed by atoms with E-state index < -0.39 is 5.97 Å². The summed E-state index contributed by atoms with van der Waals surface area (Å²) < 4.78 is 0. The third kappa shape index (κ3) is 3.50. The van der Waals surface area contributed by atoms with Crippen LogP contribution >= 0.6 is 0 Å². The van der Waals surface area contributed by atoms with Crippen LogP contribution in [0.25, 0.3) is 11.1 Å². The summed E-state index contributed by atoms with van der Waals surface area (Å²) in [6.45, 7) is 8.00. The van der Waals surface area contributed by atoms with Gasteiger partial charge in [0.25, 0.3) is 0 Å². The average Bonchev–Trinajstić information content (AvgIpc) is 2.55. The molecule has 1 aromatic heterocycles. The number of aromatic nitrogens is 1.